The molecule has 0 spiro atoms. The molecule has 0 saturated heterocycles. The van der Waals surface area contributed by atoms with Gasteiger partial charge in [0, 0.05) is 25.7 Å². The average Bonchev–Trinajstić information content (AvgIpc) is 3.32. The molecular formula is C54H54O11. The minimum atomic E-state index is 0.211. The number of para-hydroxylation sites is 4. The summed E-state index contributed by atoms with van der Waals surface area (Å²) in [6.07, 6.45) is 6.31. The molecule has 65 heavy (non-hydrogen) atoms. The fourth-order valence-corrected chi connectivity index (χ4v) is 8.32. The van der Waals surface area contributed by atoms with E-state index >= 15 is 0 Å². The maximum absolute atomic E-state index is 6.82. The fraction of sp³-hybridized carbons (Fsp3) is 0.296. The van der Waals surface area contributed by atoms with Gasteiger partial charge in [0.25, 0.3) is 0 Å². The van der Waals surface area contributed by atoms with E-state index in [0.29, 0.717) is 65.3 Å². The summed E-state index contributed by atoms with van der Waals surface area (Å²) >= 11 is 0. The topological polar surface area (TPSA) is 102 Å². The predicted molar refractivity (Wildman–Crippen MR) is 246 cm³/mol. The molecule has 1 aliphatic carbocycles. The molecule has 11 nitrogen and oxygen atoms in total. The van der Waals surface area contributed by atoms with Crippen LogP contribution in [0.2, 0.25) is 0 Å². The fourth-order valence-electron chi connectivity index (χ4n) is 8.32. The largest absolute Gasteiger partial charge is 0.490 e. The van der Waals surface area contributed by atoms with Gasteiger partial charge < -0.3 is 33.2 Å². The zero-order chi connectivity index (χ0) is 43.9. The Hall–Kier alpha value is -6.34. The van der Waals surface area contributed by atoms with Gasteiger partial charge in [-0.25, -0.2) is 19.6 Å². The van der Waals surface area contributed by atoms with E-state index in [1.54, 1.807) is 0 Å². The van der Waals surface area contributed by atoms with E-state index < -0.39 is 0 Å². The Bertz CT molecular complexity index is 2280. The molecule has 0 radical (unpaired) electrons. The summed E-state index contributed by atoms with van der Waals surface area (Å²) in [4.78, 5) is 21.9. The molecule has 0 unspecified atom stereocenters. The Morgan fingerprint density at radius 2 is 0.538 bits per heavy atom. The first kappa shape index (κ1) is 43.9. The molecule has 336 valence electrons. The van der Waals surface area contributed by atoms with Crippen molar-refractivity contribution in [2.75, 3.05) is 79.3 Å². The van der Waals surface area contributed by atoms with Crippen LogP contribution in [-0.2, 0) is 50.0 Å². The third-order valence-corrected chi connectivity index (χ3v) is 11.2. The van der Waals surface area contributed by atoms with Crippen molar-refractivity contribution in [1.82, 2.24) is 0 Å². The van der Waals surface area contributed by atoms with E-state index in [0.717, 1.165) is 90.1 Å². The number of hydrogen-bond donors (Lipinski definition) is 0. The number of hydrogen-bond acceptors (Lipinski definition) is 11. The molecule has 11 heteroatoms. The monoisotopic (exact) mass is 878 g/mol. The SMILES string of the molecule is C1=Cc2cccc(c2)OCCOc2c3cccc2Cc2cccc4c2OCCOOCCOCCOOCCOc2c(cccc2C3)Cc2cccc(c2OCCOc2cccc1c2)C4. The van der Waals surface area contributed by atoms with Crippen molar-refractivity contribution in [3.05, 3.63) is 177 Å². The second-order valence-corrected chi connectivity index (χ2v) is 15.8. The lowest BCUT2D eigenvalue weighted by Crippen LogP contribution is -2.15. The Balaban J connectivity index is 1.17. The highest BCUT2D eigenvalue weighted by atomic mass is 17.2. The third kappa shape index (κ3) is 11.9. The van der Waals surface area contributed by atoms with Crippen molar-refractivity contribution in [1.29, 1.82) is 0 Å². The normalized spacial score (nSPS) is 16.6. The van der Waals surface area contributed by atoms with Crippen LogP contribution >= 0.6 is 0 Å². The van der Waals surface area contributed by atoms with Gasteiger partial charge >= 0.3 is 0 Å². The summed E-state index contributed by atoms with van der Waals surface area (Å²) < 4.78 is 45.3. The molecule has 6 aromatic rings. The molecule has 0 amide bonds. The molecule has 3 heterocycles. The van der Waals surface area contributed by atoms with Crippen LogP contribution in [0.15, 0.2) is 121 Å². The van der Waals surface area contributed by atoms with Crippen LogP contribution in [0, 0.1) is 0 Å². The summed E-state index contributed by atoms with van der Waals surface area (Å²) in [5.41, 5.74) is 10.1. The van der Waals surface area contributed by atoms with Gasteiger partial charge in [-0.15, -0.1) is 0 Å². The van der Waals surface area contributed by atoms with Gasteiger partial charge in [0.2, 0.25) is 0 Å². The highest BCUT2D eigenvalue weighted by Gasteiger charge is 2.22. The van der Waals surface area contributed by atoms with Gasteiger partial charge in [0.05, 0.1) is 13.2 Å². The smallest absolute Gasteiger partial charge is 0.126 e. The minimum absolute atomic E-state index is 0.211. The van der Waals surface area contributed by atoms with E-state index in [-0.39, 0.29) is 39.6 Å². The van der Waals surface area contributed by atoms with Crippen molar-refractivity contribution in [3.63, 3.8) is 0 Å². The van der Waals surface area contributed by atoms with E-state index in [2.05, 4.69) is 97.1 Å². The lowest BCUT2D eigenvalue weighted by molar-refractivity contribution is -0.310. The Morgan fingerprint density at radius 3 is 0.877 bits per heavy atom. The van der Waals surface area contributed by atoms with E-state index in [1.165, 1.54) is 0 Å². The quantitative estimate of drug-likeness (QED) is 0.136. The second-order valence-electron chi connectivity index (χ2n) is 15.8. The second kappa shape index (κ2) is 22.5. The third-order valence-electron chi connectivity index (χ3n) is 11.2. The van der Waals surface area contributed by atoms with Crippen LogP contribution in [0.4, 0.5) is 0 Å². The number of benzene rings is 6. The minimum Gasteiger partial charge on any atom is -0.490 e. The zero-order valence-electron chi connectivity index (χ0n) is 36.5. The van der Waals surface area contributed by atoms with Crippen LogP contribution in [-0.4, -0.2) is 79.3 Å². The number of fused-ring (bicyclic) bond motifs is 6. The van der Waals surface area contributed by atoms with Crippen LogP contribution in [0.25, 0.3) is 12.2 Å². The van der Waals surface area contributed by atoms with Crippen LogP contribution in [0.1, 0.15) is 55.6 Å². The standard InChI is InChI=1S/C54H54O11/c1-7-39-19-20-40-8-2-18-50(34-40)57-24-26-59-52-43-11-4-12-44(52)38-48-16-6-14-46-36-42-10-3-9-41(51(42)58-25-23-56-49(17-1)33-39)35-45-13-5-15-47(37-43)53(45)60-27-31-64-62-29-21-55-22-30-63-65-32-28-61-54(46)48/h1-20,33-34H,21-32,35-38H2. The van der Waals surface area contributed by atoms with Gasteiger partial charge in [0.15, 0.2) is 0 Å². The highest BCUT2D eigenvalue weighted by molar-refractivity contribution is 5.70. The summed E-state index contributed by atoms with van der Waals surface area (Å²) in [7, 11) is 0. The molecule has 0 saturated carbocycles. The van der Waals surface area contributed by atoms with Crippen molar-refractivity contribution < 1.29 is 52.7 Å². The van der Waals surface area contributed by atoms with E-state index in [1.807, 2.05) is 36.4 Å². The van der Waals surface area contributed by atoms with Crippen LogP contribution < -0.4 is 28.4 Å². The number of ether oxygens (including phenoxy) is 7. The van der Waals surface area contributed by atoms with Crippen molar-refractivity contribution >= 4 is 12.2 Å². The summed E-state index contributed by atoms with van der Waals surface area (Å²) in [6.45, 7) is 3.43. The Morgan fingerprint density at radius 1 is 0.262 bits per heavy atom. The highest BCUT2D eigenvalue weighted by Crippen LogP contribution is 2.39. The average molecular weight is 879 g/mol. The first-order valence-corrected chi connectivity index (χ1v) is 22.4. The Kier molecular flexibility index (Phi) is 15.2. The van der Waals surface area contributed by atoms with Gasteiger partial charge in [0.1, 0.15) is 101 Å². The van der Waals surface area contributed by atoms with Crippen molar-refractivity contribution in [3.8, 4) is 34.5 Å². The van der Waals surface area contributed by atoms with Gasteiger partial charge in [-0.05, 0) is 79.9 Å². The summed E-state index contributed by atoms with van der Waals surface area (Å²) in [5, 5.41) is 0. The lowest BCUT2D eigenvalue weighted by atomic mass is 9.91. The van der Waals surface area contributed by atoms with E-state index in [4.69, 9.17) is 52.7 Å². The molecule has 0 aromatic heterocycles. The Labute approximate surface area is 380 Å². The van der Waals surface area contributed by atoms with Crippen molar-refractivity contribution in [2.24, 2.45) is 0 Å². The molecular weight excluding hydrogens is 825 g/mol. The van der Waals surface area contributed by atoms with Gasteiger partial charge in [-0.3, -0.25) is 0 Å². The molecule has 16 bridgehead atoms. The molecule has 4 aliphatic rings. The predicted octanol–water partition coefficient (Wildman–Crippen LogP) is 9.45. The first-order chi connectivity index (χ1) is 32.2. The molecule has 0 N–H and O–H groups in total. The van der Waals surface area contributed by atoms with E-state index in [9.17, 15) is 0 Å². The molecule has 0 atom stereocenters. The maximum Gasteiger partial charge on any atom is 0.126 e. The summed E-state index contributed by atoms with van der Waals surface area (Å²) in [5.74, 6) is 4.67. The molecule has 10 rings (SSSR count). The summed E-state index contributed by atoms with van der Waals surface area (Å²) in [6, 6.07) is 41.5. The number of rotatable bonds is 0. The zero-order valence-corrected chi connectivity index (χ0v) is 36.5. The van der Waals surface area contributed by atoms with Gasteiger partial charge in [-0.1, -0.05) is 109 Å². The first-order valence-electron chi connectivity index (χ1n) is 22.4. The molecule has 0 fully saturated rings. The molecule has 6 aromatic carbocycles. The van der Waals surface area contributed by atoms with Crippen molar-refractivity contribution in [2.45, 2.75) is 25.7 Å². The van der Waals surface area contributed by atoms with Crippen LogP contribution in [0.3, 0.4) is 0 Å². The van der Waals surface area contributed by atoms with Gasteiger partial charge in [-0.2, -0.15) is 0 Å². The van der Waals surface area contributed by atoms with Crippen LogP contribution in [0.5, 0.6) is 34.5 Å². The maximum atomic E-state index is 6.82. The lowest BCUT2D eigenvalue weighted by Gasteiger charge is -2.23. The molecule has 3 aliphatic heterocycles.